The number of halogens is 3. The third kappa shape index (κ3) is 1.34. The van der Waals surface area contributed by atoms with Crippen LogP contribution in [-0.4, -0.2) is 18.6 Å². The second-order valence-corrected chi connectivity index (χ2v) is 1.54. The molecule has 1 N–H and O–H groups in total. The van der Waals surface area contributed by atoms with Crippen molar-refractivity contribution in [2.75, 3.05) is 6.54 Å². The first kappa shape index (κ1) is 6.38. The summed E-state index contributed by atoms with van der Waals surface area (Å²) in [7, 11) is 0. The van der Waals surface area contributed by atoms with E-state index in [9.17, 15) is 13.2 Å². The van der Waals surface area contributed by atoms with Crippen molar-refractivity contribution in [3.63, 3.8) is 0 Å². The molecule has 0 unspecified atom stereocenters. The van der Waals surface area contributed by atoms with Gasteiger partial charge in [-0.3, -0.25) is 4.99 Å². The Labute approximate surface area is 49.8 Å². The molecule has 51 valence electrons. The lowest BCUT2D eigenvalue weighted by Gasteiger charge is -2.04. The van der Waals surface area contributed by atoms with Crippen molar-refractivity contribution in [2.24, 2.45) is 4.99 Å². The first-order valence-corrected chi connectivity index (χ1v) is 2.30. The first-order chi connectivity index (χ1) is 4.11. The molecule has 1 aliphatic rings. The van der Waals surface area contributed by atoms with Gasteiger partial charge < -0.3 is 5.32 Å². The second kappa shape index (κ2) is 1.89. The fourth-order valence-corrected chi connectivity index (χ4v) is 0.496. The van der Waals surface area contributed by atoms with Gasteiger partial charge in [0.25, 0.3) is 0 Å². The van der Waals surface area contributed by atoms with E-state index in [1.54, 1.807) is 0 Å². The summed E-state index contributed by atoms with van der Waals surface area (Å²) in [5.74, 6) is -0.900. The van der Waals surface area contributed by atoms with Gasteiger partial charge in [0.05, 0.1) is 13.1 Å². The van der Waals surface area contributed by atoms with Crippen molar-refractivity contribution in [1.29, 1.82) is 0 Å². The molecule has 1 heterocycles. The number of aliphatic imine (C=N–C) groups is 1. The molecule has 0 aromatic heterocycles. The Morgan fingerprint density at radius 1 is 1.56 bits per heavy atom. The van der Waals surface area contributed by atoms with E-state index in [4.69, 9.17) is 0 Å². The van der Waals surface area contributed by atoms with Gasteiger partial charge in [-0.1, -0.05) is 0 Å². The third-order valence-corrected chi connectivity index (χ3v) is 0.848. The van der Waals surface area contributed by atoms with Gasteiger partial charge in [-0.05, 0) is 0 Å². The summed E-state index contributed by atoms with van der Waals surface area (Å²) in [6, 6.07) is 0. The number of nitrogens with zero attached hydrogens (tertiary/aromatic N) is 1. The monoisotopic (exact) mass is 137 g/mol. The molecule has 5 heteroatoms. The Hall–Kier alpha value is -0.740. The van der Waals surface area contributed by atoms with Crippen molar-refractivity contribution in [1.82, 2.24) is 5.32 Å². The zero-order valence-electron chi connectivity index (χ0n) is 4.37. The van der Waals surface area contributed by atoms with Gasteiger partial charge in [0.2, 0.25) is 5.84 Å². The van der Waals surface area contributed by atoms with Gasteiger partial charge in [0, 0.05) is 0 Å². The van der Waals surface area contributed by atoms with E-state index in [0.717, 1.165) is 0 Å². The molecule has 0 aromatic carbocycles. The molecule has 0 aromatic rings. The van der Waals surface area contributed by atoms with Crippen LogP contribution in [0.2, 0.25) is 0 Å². The Morgan fingerprint density at radius 2 is 2.22 bits per heavy atom. The van der Waals surface area contributed by atoms with Crippen molar-refractivity contribution in [3.8, 4) is 0 Å². The molecule has 1 aliphatic heterocycles. The van der Waals surface area contributed by atoms with Crippen molar-refractivity contribution < 1.29 is 13.2 Å². The quantitative estimate of drug-likeness (QED) is 0.522. The van der Waals surface area contributed by atoms with Gasteiger partial charge in [0.1, 0.15) is 0 Å². The summed E-state index contributed by atoms with van der Waals surface area (Å²) in [6.07, 6.45) is -4.31. The molecule has 0 spiro atoms. The molecule has 0 bridgehead atoms. The fraction of sp³-hybridized carbons (Fsp3) is 0.500. The molecule has 9 heavy (non-hydrogen) atoms. The minimum absolute atomic E-state index is 0.106. The fourth-order valence-electron chi connectivity index (χ4n) is 0.496. The molecular weight excluding hydrogens is 133 g/mol. The van der Waals surface area contributed by atoms with Crippen LogP contribution >= 0.6 is 0 Å². The standard InChI is InChI=1S/C4H4F3N2/c5-4(6,7)3-8-1-2-9-3/h1H,2H2,(H,8,9). The number of hydrogen-bond acceptors (Lipinski definition) is 2. The minimum Gasteiger partial charge on any atom is -0.360 e. The van der Waals surface area contributed by atoms with Crippen molar-refractivity contribution in [2.45, 2.75) is 6.18 Å². The molecule has 1 radical (unpaired) electrons. The zero-order chi connectivity index (χ0) is 6.91. The highest BCUT2D eigenvalue weighted by Gasteiger charge is 2.37. The minimum atomic E-state index is -4.31. The molecule has 0 saturated heterocycles. The highest BCUT2D eigenvalue weighted by molar-refractivity contribution is 5.89. The van der Waals surface area contributed by atoms with Crippen LogP contribution in [0.4, 0.5) is 13.2 Å². The van der Waals surface area contributed by atoms with Crippen molar-refractivity contribution >= 4 is 5.84 Å². The molecular formula is C4H4F3N2. The molecule has 2 nitrogen and oxygen atoms in total. The summed E-state index contributed by atoms with van der Waals surface area (Å²) in [4.78, 5) is 3.13. The summed E-state index contributed by atoms with van der Waals surface area (Å²) < 4.78 is 34.6. The Bertz CT molecular complexity index is 137. The third-order valence-electron chi connectivity index (χ3n) is 0.848. The number of nitrogens with one attached hydrogen (secondary N) is 1. The van der Waals surface area contributed by atoms with Gasteiger partial charge in [-0.15, -0.1) is 0 Å². The topological polar surface area (TPSA) is 24.4 Å². The van der Waals surface area contributed by atoms with E-state index in [1.165, 1.54) is 6.54 Å². The predicted octanol–water partition coefficient (Wildman–Crippen LogP) is 0.712. The maximum Gasteiger partial charge on any atom is 0.448 e. The molecule has 1 rings (SSSR count). The maximum atomic E-state index is 11.5. The Kier molecular flexibility index (Phi) is 1.34. The van der Waals surface area contributed by atoms with Gasteiger partial charge in [0.15, 0.2) is 0 Å². The van der Waals surface area contributed by atoms with E-state index in [1.807, 2.05) is 5.32 Å². The van der Waals surface area contributed by atoms with E-state index in [-0.39, 0.29) is 6.54 Å². The second-order valence-electron chi connectivity index (χ2n) is 1.54. The number of alkyl halides is 3. The van der Waals surface area contributed by atoms with Gasteiger partial charge >= 0.3 is 6.18 Å². The number of rotatable bonds is 0. The van der Waals surface area contributed by atoms with Crippen LogP contribution in [0.1, 0.15) is 0 Å². The zero-order valence-corrected chi connectivity index (χ0v) is 4.37. The Morgan fingerprint density at radius 3 is 2.44 bits per heavy atom. The highest BCUT2D eigenvalue weighted by atomic mass is 19.4. The average Bonchev–Trinajstić information content (AvgIpc) is 2.08. The van der Waals surface area contributed by atoms with Crippen LogP contribution in [0.5, 0.6) is 0 Å². The summed E-state index contributed by atoms with van der Waals surface area (Å²) in [5.41, 5.74) is 0. The lowest BCUT2D eigenvalue weighted by molar-refractivity contribution is -0.0608. The van der Waals surface area contributed by atoms with Gasteiger partial charge in [-0.25, -0.2) is 0 Å². The summed E-state index contributed by atoms with van der Waals surface area (Å²) >= 11 is 0. The van der Waals surface area contributed by atoms with E-state index in [2.05, 4.69) is 4.99 Å². The SMILES string of the molecule is FC(F)(F)C1=NC[CH]N1. The first-order valence-electron chi connectivity index (χ1n) is 2.30. The average molecular weight is 137 g/mol. The van der Waals surface area contributed by atoms with E-state index >= 15 is 0 Å². The van der Waals surface area contributed by atoms with Crippen LogP contribution in [-0.2, 0) is 0 Å². The summed E-state index contributed by atoms with van der Waals surface area (Å²) in [6.45, 7) is 1.36. The van der Waals surface area contributed by atoms with Crippen LogP contribution < -0.4 is 5.32 Å². The van der Waals surface area contributed by atoms with Gasteiger partial charge in [-0.2, -0.15) is 13.2 Å². The molecule has 0 fully saturated rings. The van der Waals surface area contributed by atoms with Crippen LogP contribution in [0, 0.1) is 6.54 Å². The van der Waals surface area contributed by atoms with E-state index < -0.39 is 12.0 Å². The Balaban J connectivity index is 2.61. The molecule has 0 amide bonds. The van der Waals surface area contributed by atoms with Crippen molar-refractivity contribution in [3.05, 3.63) is 6.54 Å². The molecule has 0 atom stereocenters. The van der Waals surface area contributed by atoms with Crippen LogP contribution in [0.3, 0.4) is 0 Å². The molecule has 0 saturated carbocycles. The lowest BCUT2D eigenvalue weighted by Crippen LogP contribution is -2.31. The number of amidine groups is 1. The molecule has 0 aliphatic carbocycles. The normalized spacial score (nSPS) is 19.2. The highest BCUT2D eigenvalue weighted by Crippen LogP contribution is 2.17. The predicted molar refractivity (Wildman–Crippen MR) is 25.8 cm³/mol. The smallest absolute Gasteiger partial charge is 0.360 e. The lowest BCUT2D eigenvalue weighted by atomic mass is 10.6. The van der Waals surface area contributed by atoms with Crippen LogP contribution in [0.15, 0.2) is 4.99 Å². The summed E-state index contributed by atoms with van der Waals surface area (Å²) in [5, 5.41) is 2.00. The van der Waals surface area contributed by atoms with E-state index in [0.29, 0.717) is 0 Å². The van der Waals surface area contributed by atoms with Crippen LogP contribution in [0.25, 0.3) is 0 Å². The largest absolute Gasteiger partial charge is 0.448 e. The maximum absolute atomic E-state index is 11.5. The number of hydrogen-bond donors (Lipinski definition) is 1.